The Morgan fingerprint density at radius 1 is 1.30 bits per heavy atom. The highest BCUT2D eigenvalue weighted by molar-refractivity contribution is 9.10. The van der Waals surface area contributed by atoms with Gasteiger partial charge in [-0.25, -0.2) is 14.2 Å². The van der Waals surface area contributed by atoms with E-state index in [1.165, 1.54) is 24.9 Å². The second-order valence-corrected chi connectivity index (χ2v) is 8.97. The van der Waals surface area contributed by atoms with Crippen LogP contribution in [0.2, 0.25) is 0 Å². The first kappa shape index (κ1) is 23.4. The Morgan fingerprint density at radius 3 is 2.82 bits per heavy atom. The molecule has 0 saturated heterocycles. The predicted octanol–water partition coefficient (Wildman–Crippen LogP) is 5.94. The van der Waals surface area contributed by atoms with Crippen LogP contribution in [0.4, 0.5) is 4.39 Å². The van der Waals surface area contributed by atoms with Crippen molar-refractivity contribution in [3.05, 3.63) is 80.7 Å². The Hall–Kier alpha value is -2.78. The van der Waals surface area contributed by atoms with Crippen molar-refractivity contribution in [2.45, 2.75) is 26.5 Å². The smallest absolute Gasteiger partial charge is 0.338 e. The number of hydrogen-bond acceptors (Lipinski definition) is 7. The summed E-state index contributed by atoms with van der Waals surface area (Å²) in [6, 6.07) is 9.69. The van der Waals surface area contributed by atoms with Gasteiger partial charge in [0.1, 0.15) is 12.4 Å². The van der Waals surface area contributed by atoms with Crippen LogP contribution in [-0.2, 0) is 16.1 Å². The molecule has 1 atom stereocenters. The molecule has 2 aromatic rings. The number of rotatable bonds is 7. The van der Waals surface area contributed by atoms with Crippen LogP contribution in [-0.4, -0.2) is 29.8 Å². The van der Waals surface area contributed by atoms with Gasteiger partial charge in [0.15, 0.2) is 16.7 Å². The van der Waals surface area contributed by atoms with E-state index in [1.54, 1.807) is 32.0 Å². The Morgan fingerprint density at radius 2 is 2.09 bits per heavy atom. The van der Waals surface area contributed by atoms with Crippen LogP contribution in [0.15, 0.2) is 68.7 Å². The van der Waals surface area contributed by atoms with E-state index >= 15 is 0 Å². The second-order valence-electron chi connectivity index (χ2n) is 7.24. The molecule has 0 aliphatic carbocycles. The van der Waals surface area contributed by atoms with Crippen LogP contribution >= 0.6 is 27.7 Å². The molecule has 0 bridgehead atoms. The minimum atomic E-state index is -0.450. The van der Waals surface area contributed by atoms with Crippen molar-refractivity contribution in [3.63, 3.8) is 0 Å². The summed E-state index contributed by atoms with van der Waals surface area (Å²) < 4.78 is 31.5. The van der Waals surface area contributed by atoms with E-state index < -0.39 is 12.0 Å². The van der Waals surface area contributed by atoms with Crippen LogP contribution in [0.5, 0.6) is 11.5 Å². The number of halogens is 2. The molecule has 0 fully saturated rings. The average molecular weight is 533 g/mol. The van der Waals surface area contributed by atoms with Gasteiger partial charge < -0.3 is 19.1 Å². The summed E-state index contributed by atoms with van der Waals surface area (Å²) >= 11 is 5.06. The molecular weight excluding hydrogens is 511 g/mol. The summed E-state index contributed by atoms with van der Waals surface area (Å²) in [6.45, 7) is 3.88. The van der Waals surface area contributed by atoms with Gasteiger partial charge in [0.05, 0.1) is 35.5 Å². The number of amidine groups is 1. The molecule has 0 radical (unpaired) electrons. The van der Waals surface area contributed by atoms with E-state index in [2.05, 4.69) is 20.9 Å². The molecule has 0 amide bonds. The van der Waals surface area contributed by atoms with Crippen molar-refractivity contribution in [2.75, 3.05) is 13.7 Å². The highest BCUT2D eigenvalue weighted by Crippen LogP contribution is 2.45. The molecule has 4 rings (SSSR count). The van der Waals surface area contributed by atoms with E-state index in [4.69, 9.17) is 14.2 Å². The Kier molecular flexibility index (Phi) is 7.09. The molecule has 0 spiro atoms. The van der Waals surface area contributed by atoms with E-state index in [0.717, 1.165) is 10.7 Å². The fraction of sp³-hybridized carbons (Fsp3) is 0.250. The topological polar surface area (TPSA) is 60.4 Å². The highest BCUT2D eigenvalue weighted by Gasteiger charge is 2.38. The third-order valence-electron chi connectivity index (χ3n) is 5.21. The fourth-order valence-corrected chi connectivity index (χ4v) is 5.07. The number of hydrogen-bond donors (Lipinski definition) is 0. The lowest BCUT2D eigenvalue weighted by atomic mass is 9.94. The minimum Gasteiger partial charge on any atom is -0.493 e. The van der Waals surface area contributed by atoms with Gasteiger partial charge >= 0.3 is 5.97 Å². The van der Waals surface area contributed by atoms with Gasteiger partial charge in [-0.1, -0.05) is 30.0 Å². The zero-order valence-electron chi connectivity index (χ0n) is 18.3. The maximum absolute atomic E-state index is 14.0. The van der Waals surface area contributed by atoms with Gasteiger partial charge in [-0.3, -0.25) is 0 Å². The number of ether oxygens (including phenoxy) is 3. The molecule has 6 nitrogen and oxygen atoms in total. The van der Waals surface area contributed by atoms with Gasteiger partial charge in [-0.2, -0.15) is 0 Å². The van der Waals surface area contributed by atoms with Gasteiger partial charge in [0, 0.05) is 11.8 Å². The number of aliphatic imine (C=N–C) groups is 1. The molecule has 2 heterocycles. The van der Waals surface area contributed by atoms with E-state index in [9.17, 15) is 9.18 Å². The summed E-state index contributed by atoms with van der Waals surface area (Å²) in [6.07, 6.45) is 1.89. The monoisotopic (exact) mass is 532 g/mol. The zero-order chi connectivity index (χ0) is 23.5. The Balaban J connectivity index is 1.72. The number of benzene rings is 2. The van der Waals surface area contributed by atoms with Crippen LogP contribution < -0.4 is 9.47 Å². The number of esters is 1. The van der Waals surface area contributed by atoms with Crippen LogP contribution in [0.25, 0.3) is 0 Å². The molecule has 172 valence electrons. The molecule has 2 aliphatic heterocycles. The first-order valence-corrected chi connectivity index (χ1v) is 11.9. The molecule has 0 N–H and O–H groups in total. The van der Waals surface area contributed by atoms with Gasteiger partial charge in [-0.05, 0) is 58.9 Å². The van der Waals surface area contributed by atoms with E-state index in [-0.39, 0.29) is 19.0 Å². The number of carbonyl (C=O) groups excluding carboxylic acids is 1. The molecule has 33 heavy (non-hydrogen) atoms. The summed E-state index contributed by atoms with van der Waals surface area (Å²) in [5.74, 6) is 0.148. The molecule has 0 saturated carbocycles. The number of methoxy groups -OCH3 is 1. The van der Waals surface area contributed by atoms with Crippen LogP contribution in [0.3, 0.4) is 0 Å². The molecule has 0 aromatic heterocycles. The molecule has 2 aliphatic rings. The second kappa shape index (κ2) is 10.0. The fourth-order valence-electron chi connectivity index (χ4n) is 3.70. The van der Waals surface area contributed by atoms with Crippen molar-refractivity contribution < 1.29 is 23.4 Å². The first-order valence-electron chi connectivity index (χ1n) is 10.3. The lowest BCUT2D eigenvalue weighted by Crippen LogP contribution is -2.34. The normalized spacial score (nSPS) is 17.1. The maximum Gasteiger partial charge on any atom is 0.338 e. The predicted molar refractivity (Wildman–Crippen MR) is 130 cm³/mol. The summed E-state index contributed by atoms with van der Waals surface area (Å²) in [5, 5.41) is 2.70. The quantitative estimate of drug-likeness (QED) is 0.411. The van der Waals surface area contributed by atoms with E-state index in [1.807, 2.05) is 28.6 Å². The van der Waals surface area contributed by atoms with Crippen molar-refractivity contribution in [2.24, 2.45) is 4.99 Å². The van der Waals surface area contributed by atoms with Crippen molar-refractivity contribution in [1.82, 2.24) is 4.90 Å². The third-order valence-corrected chi connectivity index (χ3v) is 6.57. The van der Waals surface area contributed by atoms with Gasteiger partial charge in [0.25, 0.3) is 0 Å². The maximum atomic E-state index is 14.0. The standard InChI is InChI=1S/C24H22BrFN2O4S/c1-4-31-23(29)20-14(2)27-24-28(9-10-33-24)21(20)16-11-17(25)22(19(12-16)30-3)32-13-15-7-5-6-8-18(15)26/h5-12,21H,4,13H2,1-3H3/t21-/m1/s1. The average Bonchev–Trinajstić information content (AvgIpc) is 3.26. The summed E-state index contributed by atoms with van der Waals surface area (Å²) in [4.78, 5) is 19.4. The van der Waals surface area contributed by atoms with Crippen molar-refractivity contribution in [3.8, 4) is 11.5 Å². The third kappa shape index (κ3) is 4.65. The Labute approximate surface area is 204 Å². The van der Waals surface area contributed by atoms with Crippen molar-refractivity contribution in [1.29, 1.82) is 0 Å². The zero-order valence-corrected chi connectivity index (χ0v) is 20.7. The van der Waals surface area contributed by atoms with E-state index in [0.29, 0.717) is 32.8 Å². The van der Waals surface area contributed by atoms with Crippen molar-refractivity contribution >= 4 is 38.8 Å². The number of carbonyl (C=O) groups is 1. The summed E-state index contributed by atoms with van der Waals surface area (Å²) in [7, 11) is 1.54. The molecular formula is C24H22BrFN2O4S. The summed E-state index contributed by atoms with van der Waals surface area (Å²) in [5.41, 5.74) is 2.29. The SMILES string of the molecule is CCOC(=O)C1=C(C)N=C2SC=CN2[C@@H]1c1cc(Br)c(OCc2ccccc2F)c(OC)c1. The highest BCUT2D eigenvalue weighted by atomic mass is 79.9. The minimum absolute atomic E-state index is 0.0415. The van der Waals surface area contributed by atoms with Gasteiger partial charge in [-0.15, -0.1) is 0 Å². The number of fused-ring (bicyclic) bond motifs is 1. The molecule has 0 unspecified atom stereocenters. The lowest BCUT2D eigenvalue weighted by molar-refractivity contribution is -0.139. The number of nitrogens with zero attached hydrogens (tertiary/aromatic N) is 2. The first-order chi connectivity index (χ1) is 15.9. The van der Waals surface area contributed by atoms with Crippen LogP contribution in [0, 0.1) is 5.82 Å². The van der Waals surface area contributed by atoms with Crippen LogP contribution in [0.1, 0.15) is 31.0 Å². The Bertz CT molecular complexity index is 1180. The molecule has 9 heteroatoms. The lowest BCUT2D eigenvalue weighted by Gasteiger charge is -2.33. The number of thioether (sulfide) groups is 1. The largest absolute Gasteiger partial charge is 0.493 e. The molecule has 2 aromatic carbocycles. The number of allylic oxidation sites excluding steroid dienone is 1. The van der Waals surface area contributed by atoms with Gasteiger partial charge in [0.2, 0.25) is 0 Å².